The first-order valence-corrected chi connectivity index (χ1v) is 5.71. The van der Waals surface area contributed by atoms with E-state index < -0.39 is 23.4 Å². The number of hydrogen-bond acceptors (Lipinski definition) is 1. The van der Waals surface area contributed by atoms with E-state index >= 15 is 0 Å². The van der Waals surface area contributed by atoms with E-state index in [1.807, 2.05) is 0 Å². The summed E-state index contributed by atoms with van der Waals surface area (Å²) < 4.78 is 64.2. The van der Waals surface area contributed by atoms with Crippen molar-refractivity contribution in [1.29, 1.82) is 0 Å². The molecule has 0 bridgehead atoms. The fraction of sp³-hybridized carbons (Fsp3) is 0.143. The molecule has 0 aliphatic carbocycles. The van der Waals surface area contributed by atoms with Crippen molar-refractivity contribution in [3.63, 3.8) is 0 Å². The standard InChI is InChI=1S/C14H10F5N/c15-10-5-9(6-11(16)7-10)8-20-13-4-2-1-3-12(13)14(17,18)19/h1-7,20H,8H2. The molecule has 0 aliphatic rings. The predicted molar refractivity (Wildman–Crippen MR) is 65.1 cm³/mol. The molecule has 1 N–H and O–H groups in total. The molecule has 0 saturated heterocycles. The summed E-state index contributed by atoms with van der Waals surface area (Å²) in [6.07, 6.45) is -4.49. The highest BCUT2D eigenvalue weighted by Crippen LogP contribution is 2.34. The Kier molecular flexibility index (Phi) is 3.92. The van der Waals surface area contributed by atoms with Crippen molar-refractivity contribution in [3.05, 3.63) is 65.2 Å². The third kappa shape index (κ3) is 3.46. The van der Waals surface area contributed by atoms with Gasteiger partial charge in [0.1, 0.15) is 11.6 Å². The van der Waals surface area contributed by atoms with Crippen molar-refractivity contribution >= 4 is 5.69 Å². The van der Waals surface area contributed by atoms with Crippen molar-refractivity contribution in [3.8, 4) is 0 Å². The molecule has 2 aromatic carbocycles. The summed E-state index contributed by atoms with van der Waals surface area (Å²) in [5.74, 6) is -1.54. The monoisotopic (exact) mass is 287 g/mol. The van der Waals surface area contributed by atoms with Crippen LogP contribution in [0.5, 0.6) is 0 Å². The van der Waals surface area contributed by atoms with Crippen LogP contribution in [0.4, 0.5) is 27.6 Å². The Hall–Kier alpha value is -2.11. The summed E-state index contributed by atoms with van der Waals surface area (Å²) in [6.45, 7) is -0.109. The third-order valence-corrected chi connectivity index (χ3v) is 2.64. The molecule has 0 heterocycles. The minimum Gasteiger partial charge on any atom is -0.380 e. The maximum Gasteiger partial charge on any atom is 0.418 e. The molecule has 0 saturated carbocycles. The van der Waals surface area contributed by atoms with Gasteiger partial charge in [-0.2, -0.15) is 13.2 Å². The molecule has 0 amide bonds. The van der Waals surface area contributed by atoms with E-state index in [1.165, 1.54) is 18.2 Å². The average molecular weight is 287 g/mol. The SMILES string of the molecule is Fc1cc(F)cc(CNc2ccccc2C(F)(F)F)c1. The van der Waals surface area contributed by atoms with Crippen LogP contribution in [0, 0.1) is 11.6 Å². The van der Waals surface area contributed by atoms with Crippen LogP contribution in [0.25, 0.3) is 0 Å². The van der Waals surface area contributed by atoms with Gasteiger partial charge >= 0.3 is 6.18 Å². The van der Waals surface area contributed by atoms with E-state index in [9.17, 15) is 22.0 Å². The van der Waals surface area contributed by atoms with Crippen molar-refractivity contribution in [2.24, 2.45) is 0 Å². The van der Waals surface area contributed by atoms with Crippen LogP contribution in [0.15, 0.2) is 42.5 Å². The van der Waals surface area contributed by atoms with Crippen LogP contribution in [0.1, 0.15) is 11.1 Å². The van der Waals surface area contributed by atoms with Crippen molar-refractivity contribution in [2.45, 2.75) is 12.7 Å². The van der Waals surface area contributed by atoms with Crippen LogP contribution in [0.3, 0.4) is 0 Å². The summed E-state index contributed by atoms with van der Waals surface area (Å²) in [5.41, 5.74) is -0.735. The van der Waals surface area contributed by atoms with Gasteiger partial charge in [0.25, 0.3) is 0 Å². The molecule has 0 radical (unpaired) electrons. The van der Waals surface area contributed by atoms with E-state index in [2.05, 4.69) is 5.32 Å². The maximum atomic E-state index is 13.0. The third-order valence-electron chi connectivity index (χ3n) is 2.64. The highest BCUT2D eigenvalue weighted by molar-refractivity contribution is 5.52. The molecule has 0 atom stereocenters. The first-order chi connectivity index (χ1) is 9.36. The number of hydrogen-bond donors (Lipinski definition) is 1. The summed E-state index contributed by atoms with van der Waals surface area (Å²) in [4.78, 5) is 0. The second-order valence-corrected chi connectivity index (χ2v) is 4.17. The lowest BCUT2D eigenvalue weighted by Crippen LogP contribution is -2.10. The Labute approximate surface area is 112 Å². The van der Waals surface area contributed by atoms with Gasteiger partial charge < -0.3 is 5.32 Å². The van der Waals surface area contributed by atoms with E-state index in [0.717, 1.165) is 18.2 Å². The molecular formula is C14H10F5N. The molecule has 0 aromatic heterocycles. The van der Waals surface area contributed by atoms with Gasteiger partial charge in [-0.05, 0) is 29.8 Å². The number of rotatable bonds is 3. The number of para-hydroxylation sites is 1. The second kappa shape index (κ2) is 5.48. The Morgan fingerprint density at radius 1 is 0.900 bits per heavy atom. The van der Waals surface area contributed by atoms with Crippen molar-refractivity contribution < 1.29 is 22.0 Å². The fourth-order valence-corrected chi connectivity index (χ4v) is 1.79. The smallest absolute Gasteiger partial charge is 0.380 e. The summed E-state index contributed by atoms with van der Waals surface area (Å²) in [6, 6.07) is 7.75. The molecule has 1 nitrogen and oxygen atoms in total. The van der Waals surface area contributed by atoms with Crippen LogP contribution >= 0.6 is 0 Å². The molecule has 20 heavy (non-hydrogen) atoms. The quantitative estimate of drug-likeness (QED) is 0.814. The number of halogens is 5. The zero-order valence-corrected chi connectivity index (χ0v) is 10.1. The zero-order valence-electron chi connectivity index (χ0n) is 10.1. The van der Waals surface area contributed by atoms with Gasteiger partial charge in [0.15, 0.2) is 0 Å². The minimum absolute atomic E-state index is 0.109. The fourth-order valence-electron chi connectivity index (χ4n) is 1.79. The Morgan fingerprint density at radius 3 is 2.10 bits per heavy atom. The average Bonchev–Trinajstić information content (AvgIpc) is 2.34. The lowest BCUT2D eigenvalue weighted by atomic mass is 10.1. The molecule has 6 heteroatoms. The molecule has 2 rings (SSSR count). The summed E-state index contributed by atoms with van der Waals surface area (Å²) >= 11 is 0. The number of nitrogens with one attached hydrogen (secondary N) is 1. The normalized spacial score (nSPS) is 11.4. The van der Waals surface area contributed by atoms with Crippen LogP contribution in [-0.2, 0) is 12.7 Å². The van der Waals surface area contributed by atoms with Gasteiger partial charge in [-0.3, -0.25) is 0 Å². The lowest BCUT2D eigenvalue weighted by Gasteiger charge is -2.14. The highest BCUT2D eigenvalue weighted by Gasteiger charge is 2.32. The first kappa shape index (κ1) is 14.3. The van der Waals surface area contributed by atoms with Crippen molar-refractivity contribution in [2.75, 3.05) is 5.32 Å². The molecule has 0 unspecified atom stereocenters. The van der Waals surface area contributed by atoms with Gasteiger partial charge in [0.05, 0.1) is 5.56 Å². The molecule has 106 valence electrons. The van der Waals surface area contributed by atoms with E-state index in [-0.39, 0.29) is 17.8 Å². The maximum absolute atomic E-state index is 13.0. The van der Waals surface area contributed by atoms with Crippen molar-refractivity contribution in [1.82, 2.24) is 0 Å². The summed E-state index contributed by atoms with van der Waals surface area (Å²) in [5, 5.41) is 2.54. The van der Waals surface area contributed by atoms with Gasteiger partial charge in [0.2, 0.25) is 0 Å². The zero-order chi connectivity index (χ0) is 14.8. The first-order valence-electron chi connectivity index (χ1n) is 5.71. The van der Waals surface area contributed by atoms with Gasteiger partial charge in [-0.25, -0.2) is 8.78 Å². The van der Waals surface area contributed by atoms with Crippen LogP contribution < -0.4 is 5.32 Å². The summed E-state index contributed by atoms with van der Waals surface area (Å²) in [7, 11) is 0. The molecule has 0 spiro atoms. The van der Waals surface area contributed by atoms with Crippen LogP contribution in [-0.4, -0.2) is 0 Å². The van der Waals surface area contributed by atoms with Gasteiger partial charge in [0, 0.05) is 18.3 Å². The Morgan fingerprint density at radius 2 is 1.50 bits per heavy atom. The largest absolute Gasteiger partial charge is 0.418 e. The van der Waals surface area contributed by atoms with Gasteiger partial charge in [-0.1, -0.05) is 12.1 Å². The molecule has 2 aromatic rings. The predicted octanol–water partition coefficient (Wildman–Crippen LogP) is 4.60. The number of alkyl halides is 3. The lowest BCUT2D eigenvalue weighted by molar-refractivity contribution is -0.137. The second-order valence-electron chi connectivity index (χ2n) is 4.17. The Balaban J connectivity index is 2.19. The van der Waals surface area contributed by atoms with E-state index in [0.29, 0.717) is 6.07 Å². The number of anilines is 1. The van der Waals surface area contributed by atoms with Crippen LogP contribution in [0.2, 0.25) is 0 Å². The van der Waals surface area contributed by atoms with E-state index in [1.54, 1.807) is 0 Å². The van der Waals surface area contributed by atoms with E-state index in [4.69, 9.17) is 0 Å². The molecule has 0 fully saturated rings. The molecule has 0 aliphatic heterocycles. The number of benzene rings is 2. The highest BCUT2D eigenvalue weighted by atomic mass is 19.4. The Bertz CT molecular complexity index is 587. The molecular weight excluding hydrogens is 277 g/mol. The van der Waals surface area contributed by atoms with Gasteiger partial charge in [-0.15, -0.1) is 0 Å². The minimum atomic E-state index is -4.49. The topological polar surface area (TPSA) is 12.0 Å².